The molecule has 1 aromatic carbocycles. The van der Waals surface area contributed by atoms with E-state index in [4.69, 9.17) is 21.1 Å². The van der Waals surface area contributed by atoms with Crippen molar-refractivity contribution in [2.75, 3.05) is 19.8 Å². The van der Waals surface area contributed by atoms with E-state index in [9.17, 15) is 0 Å². The highest BCUT2D eigenvalue weighted by molar-refractivity contribution is 6.30. The fourth-order valence-corrected chi connectivity index (χ4v) is 1.10. The molecule has 0 radical (unpaired) electrons. The van der Waals surface area contributed by atoms with Gasteiger partial charge in [0.1, 0.15) is 12.4 Å². The Morgan fingerprint density at radius 1 is 1.31 bits per heavy atom. The van der Waals surface area contributed by atoms with Gasteiger partial charge in [0, 0.05) is 11.6 Å². The maximum atomic E-state index is 5.77. The molecule has 0 amide bonds. The minimum atomic E-state index is 0.564. The van der Waals surface area contributed by atoms with E-state index < -0.39 is 0 Å². The van der Waals surface area contributed by atoms with Crippen LogP contribution < -0.4 is 4.74 Å². The molecule has 0 fully saturated rings. The van der Waals surface area contributed by atoms with Crippen molar-refractivity contribution in [1.29, 1.82) is 0 Å². The van der Waals surface area contributed by atoms with E-state index in [1.807, 2.05) is 25.1 Å². The zero-order chi connectivity index (χ0) is 9.52. The van der Waals surface area contributed by atoms with Crippen molar-refractivity contribution in [2.45, 2.75) is 6.92 Å². The molecule has 0 aliphatic carbocycles. The zero-order valence-electron chi connectivity index (χ0n) is 7.63. The van der Waals surface area contributed by atoms with Gasteiger partial charge in [0.05, 0.1) is 6.61 Å². The van der Waals surface area contributed by atoms with Crippen molar-refractivity contribution in [3.8, 4) is 5.75 Å². The van der Waals surface area contributed by atoms with Gasteiger partial charge in [-0.05, 0) is 25.1 Å². The summed E-state index contributed by atoms with van der Waals surface area (Å²) in [4.78, 5) is 0. The highest BCUT2D eigenvalue weighted by Gasteiger charge is 1.93. The summed E-state index contributed by atoms with van der Waals surface area (Å²) >= 11 is 5.77. The van der Waals surface area contributed by atoms with Gasteiger partial charge in [0.2, 0.25) is 0 Å². The van der Waals surface area contributed by atoms with Crippen LogP contribution in [0.1, 0.15) is 6.92 Å². The molecular weight excluding hydrogens is 188 g/mol. The van der Waals surface area contributed by atoms with E-state index in [0.29, 0.717) is 18.2 Å². The molecule has 72 valence electrons. The zero-order valence-corrected chi connectivity index (χ0v) is 8.38. The maximum absolute atomic E-state index is 5.77. The first-order chi connectivity index (χ1) is 6.33. The van der Waals surface area contributed by atoms with E-state index in [1.54, 1.807) is 6.07 Å². The third-order valence-corrected chi connectivity index (χ3v) is 1.73. The van der Waals surface area contributed by atoms with Crippen LogP contribution in [0.25, 0.3) is 0 Å². The highest BCUT2D eigenvalue weighted by atomic mass is 35.5. The monoisotopic (exact) mass is 200 g/mol. The molecule has 0 aromatic heterocycles. The molecule has 0 N–H and O–H groups in total. The lowest BCUT2D eigenvalue weighted by Crippen LogP contribution is -2.05. The molecule has 1 rings (SSSR count). The third-order valence-electron chi connectivity index (χ3n) is 1.50. The Hall–Kier alpha value is -0.730. The quantitative estimate of drug-likeness (QED) is 0.681. The molecule has 0 aliphatic rings. The molecule has 0 saturated carbocycles. The molecule has 0 unspecified atom stereocenters. The van der Waals surface area contributed by atoms with Crippen LogP contribution in [-0.4, -0.2) is 19.8 Å². The molecule has 1 aromatic rings. The Labute approximate surface area is 83.4 Å². The highest BCUT2D eigenvalue weighted by Crippen LogP contribution is 2.16. The molecule has 0 spiro atoms. The van der Waals surface area contributed by atoms with Gasteiger partial charge in [0.15, 0.2) is 0 Å². The second-order valence-electron chi connectivity index (χ2n) is 2.50. The number of rotatable bonds is 5. The van der Waals surface area contributed by atoms with E-state index in [2.05, 4.69) is 0 Å². The Bertz CT molecular complexity index is 250. The minimum absolute atomic E-state index is 0.564. The largest absolute Gasteiger partial charge is 0.491 e. The molecule has 0 atom stereocenters. The van der Waals surface area contributed by atoms with Gasteiger partial charge >= 0.3 is 0 Å². The van der Waals surface area contributed by atoms with Crippen molar-refractivity contribution >= 4 is 11.6 Å². The summed E-state index contributed by atoms with van der Waals surface area (Å²) in [5, 5.41) is 0.689. The maximum Gasteiger partial charge on any atom is 0.120 e. The first kappa shape index (κ1) is 10.4. The smallest absolute Gasteiger partial charge is 0.120 e. The second-order valence-corrected chi connectivity index (χ2v) is 2.94. The molecule has 13 heavy (non-hydrogen) atoms. The van der Waals surface area contributed by atoms with Crippen molar-refractivity contribution in [3.63, 3.8) is 0 Å². The van der Waals surface area contributed by atoms with Crippen LogP contribution in [0.5, 0.6) is 5.75 Å². The minimum Gasteiger partial charge on any atom is -0.491 e. The summed E-state index contributed by atoms with van der Waals surface area (Å²) in [6.45, 7) is 3.86. The van der Waals surface area contributed by atoms with Crippen molar-refractivity contribution in [3.05, 3.63) is 29.3 Å². The number of benzene rings is 1. The second kappa shape index (κ2) is 5.84. The van der Waals surface area contributed by atoms with Gasteiger partial charge in [-0.1, -0.05) is 17.7 Å². The van der Waals surface area contributed by atoms with Crippen LogP contribution in [0, 0.1) is 0 Å². The van der Waals surface area contributed by atoms with Crippen molar-refractivity contribution < 1.29 is 9.47 Å². The molecule has 0 aliphatic heterocycles. The summed E-state index contributed by atoms with van der Waals surface area (Å²) in [6, 6.07) is 7.33. The Kier molecular flexibility index (Phi) is 4.65. The SMILES string of the molecule is CCOCCOc1cccc(Cl)c1. The van der Waals surface area contributed by atoms with Crippen molar-refractivity contribution in [1.82, 2.24) is 0 Å². The van der Waals surface area contributed by atoms with Gasteiger partial charge in [0.25, 0.3) is 0 Å². The topological polar surface area (TPSA) is 18.5 Å². The average molecular weight is 201 g/mol. The van der Waals surface area contributed by atoms with Gasteiger partial charge in [-0.2, -0.15) is 0 Å². The average Bonchev–Trinajstić information content (AvgIpc) is 2.13. The lowest BCUT2D eigenvalue weighted by Gasteiger charge is -2.05. The summed E-state index contributed by atoms with van der Waals surface area (Å²) in [5.74, 6) is 0.784. The van der Waals surface area contributed by atoms with E-state index in [-0.39, 0.29) is 0 Å². The first-order valence-corrected chi connectivity index (χ1v) is 4.67. The van der Waals surface area contributed by atoms with Crippen LogP contribution in [0.3, 0.4) is 0 Å². The van der Waals surface area contributed by atoms with Gasteiger partial charge in [-0.15, -0.1) is 0 Å². The van der Waals surface area contributed by atoms with E-state index >= 15 is 0 Å². The third kappa shape index (κ3) is 4.15. The molecule has 0 heterocycles. The summed E-state index contributed by atoms with van der Waals surface area (Å²) in [7, 11) is 0. The Morgan fingerprint density at radius 2 is 2.15 bits per heavy atom. The molecule has 2 nitrogen and oxygen atoms in total. The summed E-state index contributed by atoms with van der Waals surface area (Å²) in [5.41, 5.74) is 0. The summed E-state index contributed by atoms with van der Waals surface area (Å²) < 4.78 is 10.5. The number of halogens is 1. The number of hydrogen-bond acceptors (Lipinski definition) is 2. The van der Waals surface area contributed by atoms with Gasteiger partial charge in [-0.3, -0.25) is 0 Å². The van der Waals surface area contributed by atoms with Gasteiger partial charge < -0.3 is 9.47 Å². The van der Waals surface area contributed by atoms with Crippen LogP contribution >= 0.6 is 11.6 Å². The van der Waals surface area contributed by atoms with Crippen LogP contribution in [-0.2, 0) is 4.74 Å². The predicted octanol–water partition coefficient (Wildman–Crippen LogP) is 2.76. The molecule has 0 bridgehead atoms. The van der Waals surface area contributed by atoms with E-state index in [1.165, 1.54) is 0 Å². The predicted molar refractivity (Wildman–Crippen MR) is 53.4 cm³/mol. The number of ether oxygens (including phenoxy) is 2. The molecule has 0 saturated heterocycles. The molecule has 3 heteroatoms. The van der Waals surface area contributed by atoms with Gasteiger partial charge in [-0.25, -0.2) is 0 Å². The lowest BCUT2D eigenvalue weighted by molar-refractivity contribution is 0.110. The fourth-order valence-electron chi connectivity index (χ4n) is 0.920. The standard InChI is InChI=1S/C10H13ClO2/c1-2-12-6-7-13-10-5-3-4-9(11)8-10/h3-5,8H,2,6-7H2,1H3. The summed E-state index contributed by atoms with van der Waals surface area (Å²) in [6.07, 6.45) is 0. The molecular formula is C10H13ClO2. The fraction of sp³-hybridized carbons (Fsp3) is 0.400. The first-order valence-electron chi connectivity index (χ1n) is 4.29. The Morgan fingerprint density at radius 3 is 2.85 bits per heavy atom. The van der Waals surface area contributed by atoms with Crippen LogP contribution in [0.4, 0.5) is 0 Å². The normalized spacial score (nSPS) is 10.0. The Balaban J connectivity index is 2.28. The van der Waals surface area contributed by atoms with Crippen LogP contribution in [0.15, 0.2) is 24.3 Å². The van der Waals surface area contributed by atoms with E-state index in [0.717, 1.165) is 12.4 Å². The number of hydrogen-bond donors (Lipinski definition) is 0. The lowest BCUT2D eigenvalue weighted by atomic mass is 10.3. The van der Waals surface area contributed by atoms with Crippen molar-refractivity contribution in [2.24, 2.45) is 0 Å². The van der Waals surface area contributed by atoms with Crippen LogP contribution in [0.2, 0.25) is 5.02 Å².